The van der Waals surface area contributed by atoms with Crippen molar-refractivity contribution in [2.24, 2.45) is 10.9 Å². The van der Waals surface area contributed by atoms with Crippen molar-refractivity contribution in [2.75, 3.05) is 20.1 Å². The number of aromatic nitrogens is 2. The van der Waals surface area contributed by atoms with E-state index in [1.807, 2.05) is 25.1 Å². The molecule has 32 heavy (non-hydrogen) atoms. The van der Waals surface area contributed by atoms with Crippen LogP contribution in [0.2, 0.25) is 0 Å². The highest BCUT2D eigenvalue weighted by atomic mass is 16.1. The van der Waals surface area contributed by atoms with Crippen LogP contribution in [0.4, 0.5) is 0 Å². The molecule has 3 heterocycles. The Morgan fingerprint density at radius 2 is 2.16 bits per heavy atom. The predicted octanol–water partition coefficient (Wildman–Crippen LogP) is 3.27. The van der Waals surface area contributed by atoms with Gasteiger partial charge in [0.15, 0.2) is 5.69 Å². The van der Waals surface area contributed by atoms with Gasteiger partial charge in [-0.15, -0.1) is 0 Å². The summed E-state index contributed by atoms with van der Waals surface area (Å²) in [4.78, 5) is 19.6. The van der Waals surface area contributed by atoms with E-state index >= 15 is 0 Å². The molecule has 0 radical (unpaired) electrons. The zero-order chi connectivity index (χ0) is 22.8. The van der Waals surface area contributed by atoms with E-state index in [4.69, 9.17) is 0 Å². The molecule has 3 unspecified atom stereocenters. The molecule has 8 heteroatoms. The SMILES string of the molecule is CC1=NC(C)=C(C#N)C(c2ccc3[nH]nc(C(=O)NCCC4CCCN4C)c3c2)C1C#N. The largest absolute Gasteiger partial charge is 0.351 e. The number of nitrogens with one attached hydrogen (secondary N) is 2. The van der Waals surface area contributed by atoms with Crippen LogP contribution < -0.4 is 5.32 Å². The monoisotopic (exact) mass is 429 g/mol. The van der Waals surface area contributed by atoms with Gasteiger partial charge in [-0.3, -0.25) is 14.9 Å². The molecule has 8 nitrogen and oxygen atoms in total. The lowest BCUT2D eigenvalue weighted by Crippen LogP contribution is -2.32. The van der Waals surface area contributed by atoms with Crippen LogP contribution in [0.1, 0.15) is 55.1 Å². The van der Waals surface area contributed by atoms with Gasteiger partial charge in [-0.05, 0) is 64.4 Å². The summed E-state index contributed by atoms with van der Waals surface area (Å²) in [6, 6.07) is 10.7. The van der Waals surface area contributed by atoms with Crippen molar-refractivity contribution in [3.8, 4) is 12.1 Å². The molecule has 1 aromatic carbocycles. The van der Waals surface area contributed by atoms with Gasteiger partial charge in [-0.2, -0.15) is 15.6 Å². The predicted molar refractivity (Wildman–Crippen MR) is 122 cm³/mol. The average molecular weight is 430 g/mol. The minimum absolute atomic E-state index is 0.223. The van der Waals surface area contributed by atoms with Crippen LogP contribution in [-0.4, -0.2) is 52.9 Å². The van der Waals surface area contributed by atoms with Gasteiger partial charge in [-0.25, -0.2) is 0 Å². The number of benzene rings is 1. The van der Waals surface area contributed by atoms with Crippen molar-refractivity contribution >= 4 is 22.5 Å². The fourth-order valence-corrected chi connectivity index (χ4v) is 4.88. The Kier molecular flexibility index (Phi) is 6.07. The first-order valence-corrected chi connectivity index (χ1v) is 11.0. The first-order valence-electron chi connectivity index (χ1n) is 11.0. The van der Waals surface area contributed by atoms with Crippen LogP contribution in [-0.2, 0) is 0 Å². The lowest BCUT2D eigenvalue weighted by atomic mass is 9.76. The van der Waals surface area contributed by atoms with Crippen molar-refractivity contribution < 1.29 is 4.79 Å². The summed E-state index contributed by atoms with van der Waals surface area (Å²) in [5.74, 6) is -1.17. The fraction of sp³-hybridized carbons (Fsp3) is 0.458. The summed E-state index contributed by atoms with van der Waals surface area (Å²) in [6.07, 6.45) is 3.28. The Morgan fingerprint density at radius 1 is 1.34 bits per heavy atom. The maximum absolute atomic E-state index is 12.9. The van der Waals surface area contributed by atoms with Crippen LogP contribution in [0.5, 0.6) is 0 Å². The smallest absolute Gasteiger partial charge is 0.272 e. The third-order valence-corrected chi connectivity index (χ3v) is 6.68. The maximum Gasteiger partial charge on any atom is 0.272 e. The first-order chi connectivity index (χ1) is 15.4. The van der Waals surface area contributed by atoms with Gasteiger partial charge >= 0.3 is 0 Å². The van der Waals surface area contributed by atoms with Gasteiger partial charge < -0.3 is 10.2 Å². The summed E-state index contributed by atoms with van der Waals surface area (Å²) < 4.78 is 0. The molecular weight excluding hydrogens is 402 g/mol. The second-order valence-corrected chi connectivity index (χ2v) is 8.65. The number of hydrogen-bond acceptors (Lipinski definition) is 6. The van der Waals surface area contributed by atoms with Gasteiger partial charge in [0.1, 0.15) is 0 Å². The van der Waals surface area contributed by atoms with Gasteiger partial charge in [0.05, 0.1) is 34.8 Å². The quantitative estimate of drug-likeness (QED) is 0.755. The number of nitrogens with zero attached hydrogens (tertiary/aromatic N) is 5. The molecule has 0 saturated carbocycles. The number of aliphatic imine (C=N–C) groups is 1. The summed E-state index contributed by atoms with van der Waals surface area (Å²) in [6.45, 7) is 5.31. The maximum atomic E-state index is 12.9. The van der Waals surface area contributed by atoms with Gasteiger partial charge in [-0.1, -0.05) is 6.07 Å². The number of carbonyl (C=O) groups is 1. The summed E-state index contributed by atoms with van der Waals surface area (Å²) >= 11 is 0. The second kappa shape index (κ2) is 8.94. The van der Waals surface area contributed by atoms with Crippen LogP contribution >= 0.6 is 0 Å². The molecule has 1 amide bonds. The number of likely N-dealkylation sites (tertiary alicyclic amines) is 1. The highest BCUT2D eigenvalue weighted by molar-refractivity contribution is 6.05. The van der Waals surface area contributed by atoms with Crippen molar-refractivity contribution in [1.82, 2.24) is 20.4 Å². The van der Waals surface area contributed by atoms with Gasteiger partial charge in [0, 0.05) is 29.6 Å². The summed E-state index contributed by atoms with van der Waals surface area (Å²) in [7, 11) is 2.13. The molecule has 0 spiro atoms. The summed E-state index contributed by atoms with van der Waals surface area (Å²) in [5, 5.41) is 30.4. The highest BCUT2D eigenvalue weighted by Crippen LogP contribution is 2.39. The minimum Gasteiger partial charge on any atom is -0.351 e. The van der Waals surface area contributed by atoms with Crippen molar-refractivity contribution in [3.63, 3.8) is 0 Å². The zero-order valence-corrected chi connectivity index (χ0v) is 18.6. The lowest BCUT2D eigenvalue weighted by Gasteiger charge is -2.26. The Labute approximate surface area is 187 Å². The van der Waals surface area contributed by atoms with E-state index in [1.165, 1.54) is 12.8 Å². The number of aromatic amines is 1. The van der Waals surface area contributed by atoms with E-state index in [0.717, 1.165) is 24.0 Å². The fourth-order valence-electron chi connectivity index (χ4n) is 4.88. The molecule has 1 saturated heterocycles. The number of amides is 1. The van der Waals surface area contributed by atoms with Gasteiger partial charge in [0.2, 0.25) is 0 Å². The molecule has 3 atom stereocenters. The van der Waals surface area contributed by atoms with E-state index in [0.29, 0.717) is 40.6 Å². The number of H-pyrrole nitrogens is 1. The third-order valence-electron chi connectivity index (χ3n) is 6.68. The number of hydrogen-bond donors (Lipinski definition) is 2. The summed E-state index contributed by atoms with van der Waals surface area (Å²) in [5.41, 5.74) is 3.67. The molecule has 2 aromatic rings. The van der Waals surface area contributed by atoms with Crippen molar-refractivity contribution in [1.29, 1.82) is 10.5 Å². The Bertz CT molecular complexity index is 1190. The number of fused-ring (bicyclic) bond motifs is 1. The number of nitriles is 2. The third kappa shape index (κ3) is 3.90. The van der Waals surface area contributed by atoms with Crippen molar-refractivity contribution in [3.05, 3.63) is 40.7 Å². The first kappa shape index (κ1) is 21.7. The van der Waals surface area contributed by atoms with Crippen LogP contribution in [0.15, 0.2) is 34.5 Å². The van der Waals surface area contributed by atoms with Crippen LogP contribution in [0.25, 0.3) is 10.9 Å². The topological polar surface area (TPSA) is 121 Å². The Morgan fingerprint density at radius 3 is 2.84 bits per heavy atom. The Hall–Kier alpha value is -3.49. The van der Waals surface area contributed by atoms with E-state index in [1.54, 1.807) is 6.92 Å². The number of carbonyl (C=O) groups excluding carboxylic acids is 1. The van der Waals surface area contributed by atoms with E-state index < -0.39 is 11.8 Å². The Balaban J connectivity index is 1.60. The molecule has 1 aromatic heterocycles. The molecule has 164 valence electrons. The molecule has 0 aliphatic carbocycles. The molecule has 1 fully saturated rings. The number of rotatable bonds is 5. The molecule has 2 aliphatic heterocycles. The normalized spacial score (nSPS) is 23.7. The van der Waals surface area contributed by atoms with E-state index in [-0.39, 0.29) is 5.91 Å². The lowest BCUT2D eigenvalue weighted by molar-refractivity contribution is 0.0947. The van der Waals surface area contributed by atoms with Crippen molar-refractivity contribution in [2.45, 2.75) is 45.1 Å². The average Bonchev–Trinajstić information content (AvgIpc) is 3.38. The van der Waals surface area contributed by atoms with Crippen LogP contribution in [0.3, 0.4) is 0 Å². The highest BCUT2D eigenvalue weighted by Gasteiger charge is 2.34. The number of allylic oxidation sites excluding steroid dienone is 2. The second-order valence-electron chi connectivity index (χ2n) is 8.65. The minimum atomic E-state index is -0.529. The molecule has 0 bridgehead atoms. The molecule has 4 rings (SSSR count). The van der Waals surface area contributed by atoms with E-state index in [2.05, 4.69) is 44.6 Å². The standard InChI is InChI=1S/C24H27N7O/c1-14-19(12-25)22(20(13-26)15(2)28-14)16-6-7-21-18(11-16)23(30-29-21)24(32)27-9-8-17-5-4-10-31(17)3/h6-7,11,17,19,22H,4-5,8-10H2,1-3H3,(H,27,32)(H,29,30). The van der Waals surface area contributed by atoms with Gasteiger partial charge in [0.25, 0.3) is 5.91 Å². The van der Waals surface area contributed by atoms with Crippen LogP contribution in [0, 0.1) is 28.6 Å². The molecule has 2 aliphatic rings. The van der Waals surface area contributed by atoms with E-state index in [9.17, 15) is 15.3 Å². The molecular formula is C24H27N7O. The zero-order valence-electron chi connectivity index (χ0n) is 18.6. The molecule has 2 N–H and O–H groups in total.